The second kappa shape index (κ2) is 4.91. The second-order valence-corrected chi connectivity index (χ2v) is 5.06. The molecule has 1 fully saturated rings. The largest absolute Gasteiger partial charge is 0.372 e. The summed E-state index contributed by atoms with van der Waals surface area (Å²) in [6.07, 6.45) is 5.25. The van der Waals surface area contributed by atoms with Crippen LogP contribution in [0.2, 0.25) is 0 Å². The Morgan fingerprint density at radius 1 is 1.48 bits per heavy atom. The first-order valence-corrected chi connectivity index (χ1v) is 6.34. The quantitative estimate of drug-likeness (QED) is 0.816. The molecule has 21 heavy (non-hydrogen) atoms. The Bertz CT molecular complexity index is 716. The zero-order valence-corrected chi connectivity index (χ0v) is 10.8. The van der Waals surface area contributed by atoms with Crippen LogP contribution in [0, 0.1) is 0 Å². The first-order valence-electron chi connectivity index (χ1n) is 6.34. The second-order valence-electron chi connectivity index (χ2n) is 5.06. The number of carbonyl (C=O) groups is 1. The van der Waals surface area contributed by atoms with Crippen LogP contribution in [-0.2, 0) is 9.74 Å². The van der Waals surface area contributed by atoms with Crippen molar-refractivity contribution in [1.29, 1.82) is 0 Å². The zero-order chi connectivity index (χ0) is 15.0. The van der Waals surface area contributed by atoms with Crippen LogP contribution in [0.25, 0.3) is 11.6 Å². The first kappa shape index (κ1) is 13.7. The minimum absolute atomic E-state index is 0.184. The van der Waals surface area contributed by atoms with Gasteiger partial charge in [0, 0.05) is 35.6 Å². The highest BCUT2D eigenvalue weighted by molar-refractivity contribution is 5.86. The van der Waals surface area contributed by atoms with Gasteiger partial charge in [-0.05, 0) is 23.8 Å². The van der Waals surface area contributed by atoms with E-state index in [1.54, 1.807) is 28.9 Å². The number of hydrogen-bond acceptors (Lipinski definition) is 3. The zero-order valence-electron chi connectivity index (χ0n) is 10.8. The molecule has 0 radical (unpaired) electrons. The van der Waals surface area contributed by atoms with Crippen molar-refractivity contribution < 1.29 is 23.0 Å². The SMILES string of the molecule is O=C(/C=C/c1ccn2c(C3CC(F)(F)C3)ncc2c1)OF. The van der Waals surface area contributed by atoms with Crippen molar-refractivity contribution in [2.24, 2.45) is 0 Å². The van der Waals surface area contributed by atoms with E-state index in [-0.39, 0.29) is 18.8 Å². The van der Waals surface area contributed by atoms with E-state index >= 15 is 0 Å². The van der Waals surface area contributed by atoms with Crippen molar-refractivity contribution in [2.75, 3.05) is 0 Å². The third-order valence-electron chi connectivity index (χ3n) is 3.53. The number of alkyl halides is 2. The lowest BCUT2D eigenvalue weighted by Crippen LogP contribution is -2.34. The highest BCUT2D eigenvalue weighted by Crippen LogP contribution is 2.47. The molecule has 0 amide bonds. The fourth-order valence-corrected chi connectivity index (χ4v) is 2.48. The fourth-order valence-electron chi connectivity index (χ4n) is 2.48. The number of pyridine rings is 1. The van der Waals surface area contributed by atoms with Crippen molar-refractivity contribution in [3.05, 3.63) is 42.0 Å². The summed E-state index contributed by atoms with van der Waals surface area (Å²) in [5.74, 6) is -3.33. The maximum Gasteiger partial charge on any atom is 0.372 e. The van der Waals surface area contributed by atoms with Crippen LogP contribution in [0.3, 0.4) is 0 Å². The van der Waals surface area contributed by atoms with Crippen molar-refractivity contribution >= 4 is 17.6 Å². The molecule has 2 aromatic rings. The van der Waals surface area contributed by atoms with Crippen molar-refractivity contribution in [3.63, 3.8) is 0 Å². The number of fused-ring (bicyclic) bond motifs is 1. The van der Waals surface area contributed by atoms with Crippen LogP contribution in [0.5, 0.6) is 0 Å². The van der Waals surface area contributed by atoms with Gasteiger partial charge in [0.2, 0.25) is 5.92 Å². The molecule has 0 saturated heterocycles. The molecule has 3 rings (SSSR count). The topological polar surface area (TPSA) is 43.6 Å². The normalized spacial score (nSPS) is 18.0. The lowest BCUT2D eigenvalue weighted by molar-refractivity contribution is -0.176. The minimum Gasteiger partial charge on any atom is -0.303 e. The monoisotopic (exact) mass is 296 g/mol. The van der Waals surface area contributed by atoms with Gasteiger partial charge in [-0.2, -0.15) is 0 Å². The predicted octanol–water partition coefficient (Wildman–Crippen LogP) is 3.29. The van der Waals surface area contributed by atoms with Gasteiger partial charge < -0.3 is 4.40 Å². The standard InChI is InChI=1S/C14H11F3N2O2/c15-14(16)6-10(7-14)13-18-8-11-5-9(3-4-19(11)13)1-2-12(20)21-17/h1-5,8,10H,6-7H2/b2-1+. The molecule has 0 aliphatic heterocycles. The van der Waals surface area contributed by atoms with E-state index in [4.69, 9.17) is 0 Å². The smallest absolute Gasteiger partial charge is 0.303 e. The Hall–Kier alpha value is -2.31. The summed E-state index contributed by atoms with van der Waals surface area (Å²) < 4.78 is 39.2. The van der Waals surface area contributed by atoms with Crippen LogP contribution in [0.1, 0.15) is 30.1 Å². The van der Waals surface area contributed by atoms with Gasteiger partial charge in [0.15, 0.2) is 0 Å². The van der Waals surface area contributed by atoms with E-state index in [0.717, 1.165) is 11.6 Å². The molecule has 0 unspecified atom stereocenters. The van der Waals surface area contributed by atoms with Crippen LogP contribution < -0.4 is 0 Å². The number of hydrogen-bond donors (Lipinski definition) is 0. The van der Waals surface area contributed by atoms with Gasteiger partial charge in [-0.25, -0.2) is 18.6 Å². The number of halogens is 3. The molecule has 7 heteroatoms. The molecule has 110 valence electrons. The van der Waals surface area contributed by atoms with Gasteiger partial charge in [0.25, 0.3) is 0 Å². The van der Waals surface area contributed by atoms with Crippen LogP contribution in [-0.4, -0.2) is 21.3 Å². The van der Waals surface area contributed by atoms with E-state index in [1.807, 2.05) is 0 Å². The van der Waals surface area contributed by atoms with Gasteiger partial charge >= 0.3 is 5.97 Å². The van der Waals surface area contributed by atoms with E-state index in [2.05, 4.69) is 9.93 Å². The Balaban J connectivity index is 1.85. The third kappa shape index (κ3) is 2.63. The molecule has 0 spiro atoms. The molecule has 1 aliphatic rings. The van der Waals surface area contributed by atoms with E-state index in [1.165, 1.54) is 6.08 Å². The number of aromatic nitrogens is 2. The molecule has 1 aliphatic carbocycles. The predicted molar refractivity (Wildman–Crippen MR) is 68.3 cm³/mol. The molecule has 0 aromatic carbocycles. The average Bonchev–Trinajstić information content (AvgIpc) is 2.84. The Morgan fingerprint density at radius 3 is 2.90 bits per heavy atom. The highest BCUT2D eigenvalue weighted by Gasteiger charge is 2.47. The number of carbonyl (C=O) groups excluding carboxylic acids is 1. The summed E-state index contributed by atoms with van der Waals surface area (Å²) in [7, 11) is 0. The number of nitrogens with zero attached hydrogens (tertiary/aromatic N) is 2. The fraction of sp³-hybridized carbons (Fsp3) is 0.286. The number of rotatable bonds is 3. The average molecular weight is 296 g/mol. The Kier molecular flexibility index (Phi) is 3.19. The molecule has 4 nitrogen and oxygen atoms in total. The molecule has 1 saturated carbocycles. The first-order chi connectivity index (χ1) is 9.98. The minimum atomic E-state index is -2.59. The Morgan fingerprint density at radius 2 is 2.24 bits per heavy atom. The third-order valence-corrected chi connectivity index (χ3v) is 3.53. The van der Waals surface area contributed by atoms with Gasteiger partial charge in [-0.15, -0.1) is 0 Å². The molecule has 0 bridgehead atoms. The Labute approximate surface area is 117 Å². The summed E-state index contributed by atoms with van der Waals surface area (Å²) in [6, 6.07) is 3.40. The van der Waals surface area contributed by atoms with Crippen LogP contribution >= 0.6 is 0 Å². The lowest BCUT2D eigenvalue weighted by Gasteiger charge is -2.33. The summed E-state index contributed by atoms with van der Waals surface area (Å²) in [5.41, 5.74) is 1.37. The summed E-state index contributed by atoms with van der Waals surface area (Å²) in [4.78, 5) is 17.9. The van der Waals surface area contributed by atoms with Gasteiger partial charge in [-0.1, -0.05) is 0 Å². The van der Waals surface area contributed by atoms with Crippen LogP contribution in [0.15, 0.2) is 30.6 Å². The molecular weight excluding hydrogens is 285 g/mol. The molecule has 2 aromatic heterocycles. The van der Waals surface area contributed by atoms with Crippen LogP contribution in [0.4, 0.5) is 13.3 Å². The van der Waals surface area contributed by atoms with E-state index < -0.39 is 11.9 Å². The van der Waals surface area contributed by atoms with Gasteiger partial charge in [0.1, 0.15) is 5.82 Å². The van der Waals surface area contributed by atoms with Gasteiger partial charge in [-0.3, -0.25) is 4.94 Å². The summed E-state index contributed by atoms with van der Waals surface area (Å²) in [5, 5.41) is 0. The van der Waals surface area contributed by atoms with Crippen molar-refractivity contribution in [3.8, 4) is 0 Å². The maximum absolute atomic E-state index is 12.9. The molecule has 2 heterocycles. The van der Waals surface area contributed by atoms with Gasteiger partial charge in [0.05, 0.1) is 11.7 Å². The number of imidazole rings is 1. The lowest BCUT2D eigenvalue weighted by atomic mass is 9.81. The molecule has 0 N–H and O–H groups in total. The molecule has 0 atom stereocenters. The maximum atomic E-state index is 12.9. The molecular formula is C14H11F3N2O2. The summed E-state index contributed by atoms with van der Waals surface area (Å²) in [6.45, 7) is 0. The van der Waals surface area contributed by atoms with E-state index in [0.29, 0.717) is 11.4 Å². The summed E-state index contributed by atoms with van der Waals surface area (Å²) >= 11 is 0. The highest BCUT2D eigenvalue weighted by atomic mass is 19.3. The van der Waals surface area contributed by atoms with Crippen molar-refractivity contribution in [1.82, 2.24) is 9.38 Å². The van der Waals surface area contributed by atoms with E-state index in [9.17, 15) is 18.1 Å². The van der Waals surface area contributed by atoms with Crippen molar-refractivity contribution in [2.45, 2.75) is 24.7 Å².